The topological polar surface area (TPSA) is 91.0 Å². The highest BCUT2D eigenvalue weighted by molar-refractivity contribution is 5.94. The van der Waals surface area contributed by atoms with Gasteiger partial charge in [-0.05, 0) is 42.4 Å². The number of amides is 2. The smallest absolute Gasteiger partial charge is 0.251 e. The summed E-state index contributed by atoms with van der Waals surface area (Å²) in [6.07, 6.45) is 5.13. The van der Waals surface area contributed by atoms with E-state index >= 15 is 0 Å². The molecule has 7 heteroatoms. The minimum Gasteiger partial charge on any atom is -0.349 e. The van der Waals surface area contributed by atoms with Gasteiger partial charge >= 0.3 is 0 Å². The van der Waals surface area contributed by atoms with Gasteiger partial charge in [0.2, 0.25) is 5.91 Å². The number of aromatic nitrogens is 3. The Morgan fingerprint density at radius 3 is 2.69 bits per heavy atom. The van der Waals surface area contributed by atoms with Crippen molar-refractivity contribution in [3.8, 4) is 0 Å². The third kappa shape index (κ3) is 3.34. The van der Waals surface area contributed by atoms with Crippen molar-refractivity contribution >= 4 is 11.8 Å². The van der Waals surface area contributed by atoms with Gasteiger partial charge in [-0.3, -0.25) is 14.7 Å². The van der Waals surface area contributed by atoms with E-state index in [2.05, 4.69) is 20.5 Å². The van der Waals surface area contributed by atoms with Gasteiger partial charge in [-0.25, -0.2) is 4.98 Å². The molecule has 1 spiro atoms. The van der Waals surface area contributed by atoms with E-state index in [0.717, 1.165) is 43.7 Å². The lowest BCUT2D eigenvalue weighted by Crippen LogP contribution is -2.52. The highest BCUT2D eigenvalue weighted by Crippen LogP contribution is 2.48. The molecule has 2 heterocycles. The van der Waals surface area contributed by atoms with Crippen molar-refractivity contribution < 1.29 is 9.59 Å². The van der Waals surface area contributed by atoms with Crippen LogP contribution in [0.2, 0.25) is 0 Å². The second kappa shape index (κ2) is 6.55. The average molecular weight is 353 g/mol. The summed E-state index contributed by atoms with van der Waals surface area (Å²) in [5, 5.41) is 9.79. The summed E-state index contributed by atoms with van der Waals surface area (Å²) in [4.78, 5) is 30.0. The lowest BCUT2D eigenvalue weighted by atomic mass is 9.65. The van der Waals surface area contributed by atoms with Crippen LogP contribution in [0.5, 0.6) is 0 Å². The lowest BCUT2D eigenvalue weighted by Gasteiger charge is -2.45. The second-order valence-corrected chi connectivity index (χ2v) is 7.58. The van der Waals surface area contributed by atoms with E-state index in [9.17, 15) is 9.59 Å². The van der Waals surface area contributed by atoms with Crippen LogP contribution in [0.4, 0.5) is 0 Å². The minimum atomic E-state index is -0.0301. The molecule has 1 aliphatic heterocycles. The molecule has 0 radical (unpaired) electrons. The fourth-order valence-corrected chi connectivity index (χ4v) is 4.18. The van der Waals surface area contributed by atoms with Crippen LogP contribution >= 0.6 is 0 Å². The minimum absolute atomic E-state index is 0.0301. The first-order valence-corrected chi connectivity index (χ1v) is 9.03. The molecule has 2 fully saturated rings. The largest absolute Gasteiger partial charge is 0.349 e. The molecule has 2 N–H and O–H groups in total. The lowest BCUT2D eigenvalue weighted by molar-refractivity contribution is -0.128. The van der Waals surface area contributed by atoms with E-state index in [1.807, 2.05) is 29.2 Å². The van der Waals surface area contributed by atoms with Crippen LogP contribution in [0.15, 0.2) is 30.6 Å². The SMILES string of the molecule is CC(=O)N1CCC2(CC(NC(=O)c3ccc(Cc4ncn[nH]4)cc3)C2)C1. The van der Waals surface area contributed by atoms with E-state index in [-0.39, 0.29) is 23.3 Å². The van der Waals surface area contributed by atoms with Gasteiger partial charge in [-0.2, -0.15) is 5.10 Å². The summed E-state index contributed by atoms with van der Waals surface area (Å²) in [7, 11) is 0. The molecule has 2 aromatic rings. The Hall–Kier alpha value is -2.70. The van der Waals surface area contributed by atoms with E-state index in [1.165, 1.54) is 6.33 Å². The molecular weight excluding hydrogens is 330 g/mol. The first-order chi connectivity index (χ1) is 12.5. The monoisotopic (exact) mass is 353 g/mol. The normalized spacial score (nSPS) is 24.5. The molecule has 1 aliphatic carbocycles. The van der Waals surface area contributed by atoms with Gasteiger partial charge in [0.05, 0.1) is 0 Å². The summed E-state index contributed by atoms with van der Waals surface area (Å²) >= 11 is 0. The van der Waals surface area contributed by atoms with Crippen molar-refractivity contribution in [1.29, 1.82) is 0 Å². The Morgan fingerprint density at radius 1 is 1.31 bits per heavy atom. The molecule has 2 amide bonds. The summed E-state index contributed by atoms with van der Waals surface area (Å²) < 4.78 is 0. The molecule has 1 aromatic heterocycles. The van der Waals surface area contributed by atoms with E-state index in [1.54, 1.807) is 6.92 Å². The fourth-order valence-electron chi connectivity index (χ4n) is 4.18. The van der Waals surface area contributed by atoms with Crippen LogP contribution < -0.4 is 5.32 Å². The summed E-state index contributed by atoms with van der Waals surface area (Å²) in [6.45, 7) is 3.32. The first-order valence-electron chi connectivity index (χ1n) is 9.03. The van der Waals surface area contributed by atoms with E-state index < -0.39 is 0 Å². The Labute approximate surface area is 152 Å². The molecule has 0 unspecified atom stereocenters. The van der Waals surface area contributed by atoms with Crippen LogP contribution in [0, 0.1) is 5.41 Å². The third-order valence-corrected chi connectivity index (χ3v) is 5.63. The van der Waals surface area contributed by atoms with E-state index in [4.69, 9.17) is 0 Å². The molecule has 7 nitrogen and oxygen atoms in total. The van der Waals surface area contributed by atoms with Crippen molar-refractivity contribution in [2.45, 2.75) is 38.6 Å². The molecule has 1 saturated carbocycles. The number of rotatable bonds is 4. The molecule has 2 aliphatic rings. The van der Waals surface area contributed by atoms with Gasteiger partial charge in [0.15, 0.2) is 0 Å². The Bertz CT molecular complexity index is 794. The summed E-state index contributed by atoms with van der Waals surface area (Å²) in [6, 6.07) is 7.80. The van der Waals surface area contributed by atoms with Crippen molar-refractivity contribution in [3.05, 3.63) is 47.5 Å². The predicted molar refractivity (Wildman–Crippen MR) is 95.4 cm³/mol. The predicted octanol–water partition coefficient (Wildman–Crippen LogP) is 1.53. The van der Waals surface area contributed by atoms with Crippen molar-refractivity contribution in [2.75, 3.05) is 13.1 Å². The summed E-state index contributed by atoms with van der Waals surface area (Å²) in [5.41, 5.74) is 1.98. The maximum atomic E-state index is 12.4. The zero-order valence-corrected chi connectivity index (χ0v) is 14.9. The number of nitrogens with one attached hydrogen (secondary N) is 2. The third-order valence-electron chi connectivity index (χ3n) is 5.63. The zero-order valence-electron chi connectivity index (χ0n) is 14.9. The molecule has 0 bridgehead atoms. The van der Waals surface area contributed by atoms with Crippen molar-refractivity contribution in [1.82, 2.24) is 25.4 Å². The number of likely N-dealkylation sites (tertiary alicyclic amines) is 1. The molecule has 26 heavy (non-hydrogen) atoms. The Morgan fingerprint density at radius 2 is 2.08 bits per heavy atom. The highest BCUT2D eigenvalue weighted by atomic mass is 16.2. The molecule has 4 rings (SSSR count). The number of hydrogen-bond donors (Lipinski definition) is 2. The van der Waals surface area contributed by atoms with Gasteiger partial charge in [0, 0.05) is 38.0 Å². The average Bonchev–Trinajstić information content (AvgIpc) is 3.25. The van der Waals surface area contributed by atoms with Crippen LogP contribution in [0.3, 0.4) is 0 Å². The highest BCUT2D eigenvalue weighted by Gasteiger charge is 2.49. The van der Waals surface area contributed by atoms with Crippen molar-refractivity contribution in [3.63, 3.8) is 0 Å². The van der Waals surface area contributed by atoms with Crippen molar-refractivity contribution in [2.24, 2.45) is 5.41 Å². The van der Waals surface area contributed by atoms with Gasteiger partial charge in [0.25, 0.3) is 5.91 Å². The molecule has 136 valence electrons. The van der Waals surface area contributed by atoms with Gasteiger partial charge in [-0.1, -0.05) is 12.1 Å². The fraction of sp³-hybridized carbons (Fsp3) is 0.474. The number of aromatic amines is 1. The number of carbonyl (C=O) groups excluding carboxylic acids is 2. The Balaban J connectivity index is 1.29. The van der Waals surface area contributed by atoms with Crippen LogP contribution in [0.1, 0.15) is 47.9 Å². The van der Waals surface area contributed by atoms with E-state index in [0.29, 0.717) is 12.0 Å². The van der Waals surface area contributed by atoms with Gasteiger partial charge in [0.1, 0.15) is 12.2 Å². The number of H-pyrrole nitrogens is 1. The number of nitrogens with zero attached hydrogens (tertiary/aromatic N) is 3. The maximum Gasteiger partial charge on any atom is 0.251 e. The Kier molecular flexibility index (Phi) is 4.22. The maximum absolute atomic E-state index is 12.4. The standard InChI is InChI=1S/C19H23N5O2/c1-13(25)24-7-6-19(11-24)9-16(10-19)22-18(26)15-4-2-14(3-5-15)8-17-20-12-21-23-17/h2-5,12,16H,6-11H2,1H3,(H,22,26)(H,20,21,23). The molecule has 0 atom stereocenters. The number of benzene rings is 1. The molecular formula is C19H23N5O2. The molecule has 1 saturated heterocycles. The first kappa shape index (κ1) is 16.8. The van der Waals surface area contributed by atoms with Crippen LogP contribution in [0.25, 0.3) is 0 Å². The quantitative estimate of drug-likeness (QED) is 0.872. The van der Waals surface area contributed by atoms with Crippen LogP contribution in [-0.2, 0) is 11.2 Å². The molecule has 1 aromatic carbocycles. The summed E-state index contributed by atoms with van der Waals surface area (Å²) in [5.74, 6) is 0.926. The zero-order chi connectivity index (χ0) is 18.1. The number of hydrogen-bond acceptors (Lipinski definition) is 4. The van der Waals surface area contributed by atoms with Gasteiger partial charge < -0.3 is 10.2 Å². The van der Waals surface area contributed by atoms with Crippen LogP contribution in [-0.4, -0.2) is 51.0 Å². The second-order valence-electron chi connectivity index (χ2n) is 7.58. The van der Waals surface area contributed by atoms with Gasteiger partial charge in [-0.15, -0.1) is 0 Å². The number of carbonyl (C=O) groups is 2.